The van der Waals surface area contributed by atoms with Crippen LogP contribution in [-0.2, 0) is 7.05 Å². The van der Waals surface area contributed by atoms with Crippen LogP contribution in [0.15, 0.2) is 56.8 Å². The van der Waals surface area contributed by atoms with Gasteiger partial charge in [-0.25, -0.2) is 9.48 Å². The van der Waals surface area contributed by atoms with Crippen molar-refractivity contribution < 1.29 is 4.74 Å². The fourth-order valence-corrected chi connectivity index (χ4v) is 3.21. The first-order valence-corrected chi connectivity index (χ1v) is 8.76. The van der Waals surface area contributed by atoms with Crippen molar-refractivity contribution in [1.29, 1.82) is 0 Å². The number of methoxy groups -OCH3 is 1. The third-order valence-electron chi connectivity index (χ3n) is 4.89. The normalized spacial score (nSPS) is 14.0. The summed E-state index contributed by atoms with van der Waals surface area (Å²) in [6.07, 6.45) is 0. The van der Waals surface area contributed by atoms with Crippen LogP contribution in [0.1, 0.15) is 6.04 Å². The third kappa shape index (κ3) is 3.00. The van der Waals surface area contributed by atoms with Gasteiger partial charge in [-0.05, 0) is 18.2 Å². The average Bonchev–Trinajstić information content (AvgIpc) is 2.66. The molecule has 0 aliphatic carbocycles. The highest BCUT2D eigenvalue weighted by Crippen LogP contribution is 2.28. The zero-order valence-corrected chi connectivity index (χ0v) is 15.5. The van der Waals surface area contributed by atoms with E-state index in [4.69, 9.17) is 4.74 Å². The number of anilines is 1. The van der Waals surface area contributed by atoms with Crippen LogP contribution in [0.25, 0.3) is 11.3 Å². The van der Waals surface area contributed by atoms with Gasteiger partial charge in [-0.2, -0.15) is 5.10 Å². The fraction of sp³-hybridized carbons (Fsp3) is 0.263. The van der Waals surface area contributed by atoms with E-state index in [1.165, 1.54) is 23.9 Å². The number of rotatable bonds is 4. The predicted octanol–water partition coefficient (Wildman–Crippen LogP) is 0.367. The Bertz CT molecular complexity index is 1170. The molecule has 0 spiro atoms. The number of aromatic nitrogens is 4. The number of hydrogen-bond acceptors (Lipinski definition) is 6. The van der Waals surface area contributed by atoms with Gasteiger partial charge in [0.1, 0.15) is 11.6 Å². The minimum absolute atomic E-state index is 0.158. The number of ether oxygens (including phenoxy) is 1. The summed E-state index contributed by atoms with van der Waals surface area (Å²) in [5, 5.41) is 4.51. The van der Waals surface area contributed by atoms with Crippen molar-refractivity contribution in [1.82, 2.24) is 19.3 Å². The van der Waals surface area contributed by atoms with Crippen molar-refractivity contribution in [2.45, 2.75) is 6.04 Å². The van der Waals surface area contributed by atoms with E-state index in [0.717, 1.165) is 10.1 Å². The SMILES string of the molecule is COc1ccccc1-c1ccc(=O)n(C2CN(c3cc(=O)n(C)c(=O)[nH]3)C2)n1. The molecule has 1 saturated heterocycles. The summed E-state index contributed by atoms with van der Waals surface area (Å²) in [5.41, 5.74) is 0.374. The zero-order valence-electron chi connectivity index (χ0n) is 15.5. The Kier molecular flexibility index (Phi) is 4.34. The molecule has 3 heterocycles. The minimum Gasteiger partial charge on any atom is -0.496 e. The second-order valence-electron chi connectivity index (χ2n) is 6.62. The first kappa shape index (κ1) is 17.8. The average molecular weight is 381 g/mol. The number of para-hydroxylation sites is 1. The van der Waals surface area contributed by atoms with Gasteiger partial charge in [0, 0.05) is 37.8 Å². The first-order valence-electron chi connectivity index (χ1n) is 8.76. The van der Waals surface area contributed by atoms with E-state index < -0.39 is 5.69 Å². The van der Waals surface area contributed by atoms with E-state index in [0.29, 0.717) is 30.4 Å². The van der Waals surface area contributed by atoms with Gasteiger partial charge >= 0.3 is 5.69 Å². The molecule has 4 rings (SSSR count). The first-order chi connectivity index (χ1) is 13.5. The molecule has 144 valence electrons. The molecule has 9 heteroatoms. The van der Waals surface area contributed by atoms with E-state index >= 15 is 0 Å². The van der Waals surface area contributed by atoms with Crippen molar-refractivity contribution in [3.8, 4) is 17.0 Å². The molecule has 3 aromatic rings. The molecule has 1 N–H and O–H groups in total. The third-order valence-corrected chi connectivity index (χ3v) is 4.89. The van der Waals surface area contributed by atoms with Crippen molar-refractivity contribution in [3.05, 3.63) is 73.7 Å². The lowest BCUT2D eigenvalue weighted by Crippen LogP contribution is -2.52. The molecule has 0 radical (unpaired) electrons. The van der Waals surface area contributed by atoms with Gasteiger partial charge < -0.3 is 9.64 Å². The highest BCUT2D eigenvalue weighted by Gasteiger charge is 2.31. The van der Waals surface area contributed by atoms with E-state index in [9.17, 15) is 14.4 Å². The molecule has 0 bridgehead atoms. The van der Waals surface area contributed by atoms with Gasteiger partial charge in [0.15, 0.2) is 0 Å². The van der Waals surface area contributed by atoms with Crippen molar-refractivity contribution in [2.24, 2.45) is 7.05 Å². The molecule has 1 aliphatic rings. The molecule has 0 amide bonds. The molecule has 1 fully saturated rings. The number of nitrogens with zero attached hydrogens (tertiary/aromatic N) is 4. The Labute approximate surface area is 159 Å². The predicted molar refractivity (Wildman–Crippen MR) is 104 cm³/mol. The van der Waals surface area contributed by atoms with Gasteiger partial charge in [-0.1, -0.05) is 12.1 Å². The topological polar surface area (TPSA) is 102 Å². The lowest BCUT2D eigenvalue weighted by atomic mass is 10.1. The lowest BCUT2D eigenvalue weighted by molar-refractivity contribution is 0.352. The second-order valence-corrected chi connectivity index (χ2v) is 6.62. The van der Waals surface area contributed by atoms with Crippen molar-refractivity contribution in [3.63, 3.8) is 0 Å². The Hall–Kier alpha value is -3.62. The molecule has 0 atom stereocenters. The molecular weight excluding hydrogens is 362 g/mol. The van der Waals surface area contributed by atoms with Crippen LogP contribution >= 0.6 is 0 Å². The summed E-state index contributed by atoms with van der Waals surface area (Å²) in [6.45, 7) is 0.927. The quantitative estimate of drug-likeness (QED) is 0.700. The van der Waals surface area contributed by atoms with Crippen LogP contribution in [0.4, 0.5) is 5.82 Å². The Morgan fingerprint density at radius 3 is 2.54 bits per heavy atom. The summed E-state index contributed by atoms with van der Waals surface area (Å²) in [6, 6.07) is 11.8. The van der Waals surface area contributed by atoms with E-state index in [1.807, 2.05) is 29.2 Å². The van der Waals surface area contributed by atoms with Gasteiger partial charge in [-0.15, -0.1) is 0 Å². The second kappa shape index (κ2) is 6.84. The fourth-order valence-electron chi connectivity index (χ4n) is 3.21. The molecule has 0 unspecified atom stereocenters. The van der Waals surface area contributed by atoms with Crippen LogP contribution < -0.4 is 26.4 Å². The van der Waals surface area contributed by atoms with Crippen LogP contribution in [0.5, 0.6) is 5.75 Å². The van der Waals surface area contributed by atoms with Gasteiger partial charge in [0.25, 0.3) is 11.1 Å². The van der Waals surface area contributed by atoms with Crippen LogP contribution in [0.2, 0.25) is 0 Å². The zero-order chi connectivity index (χ0) is 19.8. The maximum absolute atomic E-state index is 12.3. The summed E-state index contributed by atoms with van der Waals surface area (Å²) in [7, 11) is 3.00. The monoisotopic (exact) mass is 381 g/mol. The summed E-state index contributed by atoms with van der Waals surface area (Å²) in [5.74, 6) is 1.12. The van der Waals surface area contributed by atoms with E-state index in [1.54, 1.807) is 13.2 Å². The highest BCUT2D eigenvalue weighted by atomic mass is 16.5. The smallest absolute Gasteiger partial charge is 0.329 e. The number of benzene rings is 1. The van der Waals surface area contributed by atoms with E-state index in [-0.39, 0.29) is 17.2 Å². The van der Waals surface area contributed by atoms with Gasteiger partial charge in [0.2, 0.25) is 0 Å². The Morgan fingerprint density at radius 1 is 1.07 bits per heavy atom. The standard InChI is InChI=1S/C19H19N5O4/c1-22-18(26)9-16(20-19(22)27)23-10-12(11-23)24-17(25)8-7-14(21-24)13-5-3-4-6-15(13)28-2/h3-9,12H,10-11H2,1-2H3,(H,20,27). The Morgan fingerprint density at radius 2 is 1.82 bits per heavy atom. The molecule has 0 saturated carbocycles. The van der Waals surface area contributed by atoms with Crippen LogP contribution in [0.3, 0.4) is 0 Å². The summed E-state index contributed by atoms with van der Waals surface area (Å²) >= 11 is 0. The molecule has 2 aromatic heterocycles. The summed E-state index contributed by atoms with van der Waals surface area (Å²) < 4.78 is 7.82. The summed E-state index contributed by atoms with van der Waals surface area (Å²) in [4.78, 5) is 40.4. The van der Waals surface area contributed by atoms with E-state index in [2.05, 4.69) is 10.1 Å². The Balaban J connectivity index is 1.61. The molecular formula is C19H19N5O4. The molecule has 1 aromatic carbocycles. The van der Waals surface area contributed by atoms with Gasteiger partial charge in [-0.3, -0.25) is 19.1 Å². The minimum atomic E-state index is -0.473. The number of nitrogens with one attached hydrogen (secondary N) is 1. The number of aromatic amines is 1. The maximum Gasteiger partial charge on any atom is 0.329 e. The number of H-pyrrole nitrogens is 1. The largest absolute Gasteiger partial charge is 0.496 e. The van der Waals surface area contributed by atoms with Crippen LogP contribution in [-0.4, -0.2) is 39.5 Å². The molecule has 1 aliphatic heterocycles. The molecule has 28 heavy (non-hydrogen) atoms. The van der Waals surface area contributed by atoms with Gasteiger partial charge in [0.05, 0.1) is 18.8 Å². The molecule has 9 nitrogen and oxygen atoms in total. The maximum atomic E-state index is 12.3. The van der Waals surface area contributed by atoms with Crippen molar-refractivity contribution in [2.75, 3.05) is 25.1 Å². The van der Waals surface area contributed by atoms with Crippen LogP contribution in [0, 0.1) is 0 Å². The highest BCUT2D eigenvalue weighted by molar-refractivity contribution is 5.66. The van der Waals surface area contributed by atoms with Crippen molar-refractivity contribution >= 4 is 5.82 Å². The lowest BCUT2D eigenvalue weighted by Gasteiger charge is -2.40. The number of hydrogen-bond donors (Lipinski definition) is 1.